The quantitative estimate of drug-likeness (QED) is 0.766. The van der Waals surface area contributed by atoms with Crippen LogP contribution in [0.4, 0.5) is 8.78 Å². The summed E-state index contributed by atoms with van der Waals surface area (Å²) in [4.78, 5) is 4.38. The third-order valence-corrected chi connectivity index (χ3v) is 4.67. The highest BCUT2D eigenvalue weighted by Gasteiger charge is 2.39. The van der Waals surface area contributed by atoms with Crippen LogP contribution < -0.4 is 0 Å². The number of nitrogens with zero attached hydrogens (tertiary/aromatic N) is 2. The fraction of sp³-hybridized carbons (Fsp3) is 0.533. The van der Waals surface area contributed by atoms with E-state index in [2.05, 4.69) is 11.9 Å². The van der Waals surface area contributed by atoms with Crippen LogP contribution in [0.15, 0.2) is 12.1 Å². The zero-order chi connectivity index (χ0) is 14.3. The Hall–Kier alpha value is -1.16. The molecule has 1 aliphatic carbocycles. The van der Waals surface area contributed by atoms with Crippen molar-refractivity contribution in [2.24, 2.45) is 0 Å². The summed E-state index contributed by atoms with van der Waals surface area (Å²) in [5.74, 6) is 0.0353. The van der Waals surface area contributed by atoms with Crippen LogP contribution in [0, 0.1) is 11.6 Å². The maximum absolute atomic E-state index is 13.9. The summed E-state index contributed by atoms with van der Waals surface area (Å²) in [5.41, 5.74) is 0.770. The Morgan fingerprint density at radius 3 is 2.65 bits per heavy atom. The lowest BCUT2D eigenvalue weighted by Gasteiger charge is -2.44. The molecule has 2 aromatic rings. The predicted molar refractivity (Wildman–Crippen MR) is 76.2 cm³/mol. The molecule has 0 aliphatic heterocycles. The highest BCUT2D eigenvalue weighted by atomic mass is 35.5. The van der Waals surface area contributed by atoms with Gasteiger partial charge in [-0.1, -0.05) is 6.92 Å². The molecule has 0 bridgehead atoms. The Kier molecular flexibility index (Phi) is 3.44. The molecule has 1 aromatic heterocycles. The lowest BCUT2D eigenvalue weighted by molar-refractivity contribution is 0.137. The van der Waals surface area contributed by atoms with Crippen molar-refractivity contribution in [1.82, 2.24) is 9.55 Å². The van der Waals surface area contributed by atoms with Crippen LogP contribution in [0.5, 0.6) is 0 Å². The van der Waals surface area contributed by atoms with Crippen molar-refractivity contribution in [3.63, 3.8) is 0 Å². The number of hydrogen-bond acceptors (Lipinski definition) is 1. The Morgan fingerprint density at radius 2 is 2.10 bits per heavy atom. The highest BCUT2D eigenvalue weighted by Crippen LogP contribution is 2.45. The molecule has 0 amide bonds. The van der Waals surface area contributed by atoms with Gasteiger partial charge in [0.15, 0.2) is 5.82 Å². The number of halogens is 3. The molecule has 0 radical (unpaired) electrons. The number of fused-ring (bicyclic) bond motifs is 1. The summed E-state index contributed by atoms with van der Waals surface area (Å²) in [7, 11) is 0. The zero-order valence-corrected chi connectivity index (χ0v) is 12.2. The SMILES string of the molecule is CCC1(n2c(CCCl)nc3c(F)cc(F)cc32)CCC1. The van der Waals surface area contributed by atoms with Crippen molar-refractivity contribution in [1.29, 1.82) is 0 Å². The van der Waals surface area contributed by atoms with E-state index in [9.17, 15) is 8.78 Å². The van der Waals surface area contributed by atoms with Gasteiger partial charge in [0.05, 0.1) is 5.52 Å². The molecule has 108 valence electrons. The molecule has 1 aliphatic rings. The molecule has 0 N–H and O–H groups in total. The standard InChI is InChI=1S/C15H17ClF2N2/c1-2-15(5-3-6-15)20-12-9-10(17)8-11(18)14(12)19-13(20)4-7-16/h8-9H,2-7H2,1H3. The van der Waals surface area contributed by atoms with E-state index in [4.69, 9.17) is 11.6 Å². The third kappa shape index (κ3) is 1.93. The van der Waals surface area contributed by atoms with Crippen molar-refractivity contribution in [3.8, 4) is 0 Å². The fourth-order valence-electron chi connectivity index (χ4n) is 3.25. The average Bonchev–Trinajstić information content (AvgIpc) is 2.69. The van der Waals surface area contributed by atoms with Crippen molar-refractivity contribution in [3.05, 3.63) is 29.6 Å². The number of benzene rings is 1. The van der Waals surface area contributed by atoms with Crippen LogP contribution in [-0.2, 0) is 12.0 Å². The second kappa shape index (κ2) is 4.99. The van der Waals surface area contributed by atoms with Gasteiger partial charge in [-0.25, -0.2) is 13.8 Å². The van der Waals surface area contributed by atoms with E-state index < -0.39 is 11.6 Å². The fourth-order valence-corrected chi connectivity index (χ4v) is 3.42. The molecule has 5 heteroatoms. The number of imidazole rings is 1. The summed E-state index contributed by atoms with van der Waals surface area (Å²) in [6, 6.07) is 2.28. The van der Waals surface area contributed by atoms with Gasteiger partial charge in [-0.05, 0) is 31.7 Å². The van der Waals surface area contributed by atoms with Crippen LogP contribution >= 0.6 is 11.6 Å². The van der Waals surface area contributed by atoms with Crippen molar-refractivity contribution < 1.29 is 8.78 Å². The van der Waals surface area contributed by atoms with E-state index in [1.165, 1.54) is 6.07 Å². The van der Waals surface area contributed by atoms with Gasteiger partial charge in [-0.3, -0.25) is 0 Å². The molecule has 2 nitrogen and oxygen atoms in total. The summed E-state index contributed by atoms with van der Waals surface area (Å²) in [6.45, 7) is 2.12. The van der Waals surface area contributed by atoms with Gasteiger partial charge in [-0.15, -0.1) is 11.6 Å². The molecular weight excluding hydrogens is 282 g/mol. The summed E-state index contributed by atoms with van der Waals surface area (Å²) in [6.07, 6.45) is 4.71. The molecule has 0 saturated heterocycles. The lowest BCUT2D eigenvalue weighted by atomic mass is 9.74. The van der Waals surface area contributed by atoms with Gasteiger partial charge in [0.25, 0.3) is 0 Å². The van der Waals surface area contributed by atoms with E-state index in [-0.39, 0.29) is 11.1 Å². The van der Waals surface area contributed by atoms with Crippen LogP contribution in [0.2, 0.25) is 0 Å². The molecular formula is C15H17ClF2N2. The number of hydrogen-bond donors (Lipinski definition) is 0. The molecule has 1 heterocycles. The first-order valence-electron chi connectivity index (χ1n) is 7.04. The Balaban J connectivity index is 2.28. The van der Waals surface area contributed by atoms with E-state index in [0.29, 0.717) is 17.8 Å². The van der Waals surface area contributed by atoms with E-state index in [1.807, 2.05) is 4.57 Å². The normalized spacial score (nSPS) is 17.4. The molecule has 0 atom stereocenters. The number of aryl methyl sites for hydroxylation is 1. The summed E-state index contributed by atoms with van der Waals surface area (Å²) in [5, 5.41) is 0. The first kappa shape index (κ1) is 13.8. The smallest absolute Gasteiger partial charge is 0.153 e. The average molecular weight is 299 g/mol. The molecule has 0 unspecified atom stereocenters. The minimum atomic E-state index is -0.597. The van der Waals surface area contributed by atoms with Crippen LogP contribution in [0.25, 0.3) is 11.0 Å². The number of alkyl halides is 1. The van der Waals surface area contributed by atoms with Gasteiger partial charge in [0.2, 0.25) is 0 Å². The minimum Gasteiger partial charge on any atom is -0.322 e. The summed E-state index contributed by atoms with van der Waals surface area (Å²) < 4.78 is 29.6. The van der Waals surface area contributed by atoms with Gasteiger partial charge in [-0.2, -0.15) is 0 Å². The molecule has 3 rings (SSSR count). The van der Waals surface area contributed by atoms with Gasteiger partial charge in [0.1, 0.15) is 17.2 Å². The third-order valence-electron chi connectivity index (χ3n) is 4.48. The number of aromatic nitrogens is 2. The van der Waals surface area contributed by atoms with Crippen LogP contribution in [-0.4, -0.2) is 15.4 Å². The Labute approximate surface area is 121 Å². The molecule has 1 saturated carbocycles. The second-order valence-electron chi connectivity index (χ2n) is 5.49. The van der Waals surface area contributed by atoms with Crippen LogP contribution in [0.1, 0.15) is 38.4 Å². The largest absolute Gasteiger partial charge is 0.322 e. The molecule has 1 aromatic carbocycles. The maximum atomic E-state index is 13.9. The first-order chi connectivity index (χ1) is 9.61. The predicted octanol–water partition coefficient (Wildman–Crippen LogP) is 4.39. The van der Waals surface area contributed by atoms with Crippen molar-refractivity contribution in [2.75, 3.05) is 5.88 Å². The van der Waals surface area contributed by atoms with Gasteiger partial charge >= 0.3 is 0 Å². The molecule has 20 heavy (non-hydrogen) atoms. The molecule has 1 fully saturated rings. The lowest BCUT2D eigenvalue weighted by Crippen LogP contribution is -2.41. The topological polar surface area (TPSA) is 17.8 Å². The van der Waals surface area contributed by atoms with Crippen LogP contribution in [0.3, 0.4) is 0 Å². The van der Waals surface area contributed by atoms with Gasteiger partial charge in [0, 0.05) is 23.9 Å². The molecule has 0 spiro atoms. The number of rotatable bonds is 4. The minimum absolute atomic E-state index is 0.0453. The Morgan fingerprint density at radius 1 is 1.35 bits per heavy atom. The van der Waals surface area contributed by atoms with E-state index in [1.54, 1.807) is 0 Å². The van der Waals surface area contributed by atoms with Gasteiger partial charge < -0.3 is 4.57 Å². The zero-order valence-electron chi connectivity index (χ0n) is 11.4. The maximum Gasteiger partial charge on any atom is 0.153 e. The van der Waals surface area contributed by atoms with Crippen molar-refractivity contribution >= 4 is 22.6 Å². The Bertz CT molecular complexity index is 641. The second-order valence-corrected chi connectivity index (χ2v) is 5.87. The highest BCUT2D eigenvalue weighted by molar-refractivity contribution is 6.17. The summed E-state index contributed by atoms with van der Waals surface area (Å²) >= 11 is 5.84. The van der Waals surface area contributed by atoms with E-state index in [0.717, 1.165) is 37.6 Å². The van der Waals surface area contributed by atoms with E-state index >= 15 is 0 Å². The first-order valence-corrected chi connectivity index (χ1v) is 7.57. The monoisotopic (exact) mass is 298 g/mol. The van der Waals surface area contributed by atoms with Crippen molar-refractivity contribution in [2.45, 2.75) is 44.6 Å².